The zero-order valence-electron chi connectivity index (χ0n) is 10.2. The summed E-state index contributed by atoms with van der Waals surface area (Å²) in [5.74, 6) is 0.192. The Morgan fingerprint density at radius 3 is 2.69 bits per heavy atom. The highest BCUT2D eigenvalue weighted by molar-refractivity contribution is 5.87. The molecule has 1 aliphatic carbocycles. The van der Waals surface area contributed by atoms with Crippen LogP contribution in [0.5, 0.6) is 0 Å². The van der Waals surface area contributed by atoms with Gasteiger partial charge in [0.2, 0.25) is 0 Å². The zero-order valence-corrected chi connectivity index (χ0v) is 10.2. The highest BCUT2D eigenvalue weighted by atomic mass is 16.6. The lowest BCUT2D eigenvalue weighted by molar-refractivity contribution is -0.154. The van der Waals surface area contributed by atoms with Crippen molar-refractivity contribution in [3.05, 3.63) is 12.2 Å². The quantitative estimate of drug-likeness (QED) is 0.591. The molecule has 92 valence electrons. The Balaban J connectivity index is 2.41. The van der Waals surface area contributed by atoms with E-state index in [9.17, 15) is 9.90 Å². The highest BCUT2D eigenvalue weighted by Gasteiger charge is 2.31. The first kappa shape index (κ1) is 13.2. The van der Waals surface area contributed by atoms with Gasteiger partial charge in [-0.2, -0.15) is 0 Å². The van der Waals surface area contributed by atoms with E-state index in [1.807, 2.05) is 0 Å². The monoisotopic (exact) mass is 226 g/mol. The molecule has 1 fully saturated rings. The number of esters is 1. The molecule has 0 radical (unpaired) electrons. The van der Waals surface area contributed by atoms with E-state index in [4.69, 9.17) is 4.74 Å². The average Bonchev–Trinajstić information content (AvgIpc) is 2.22. The lowest BCUT2D eigenvalue weighted by atomic mass is 9.83. The number of carbonyl (C=O) groups excluding carboxylic acids is 1. The van der Waals surface area contributed by atoms with Gasteiger partial charge in [-0.15, -0.1) is 0 Å². The van der Waals surface area contributed by atoms with E-state index in [2.05, 4.69) is 13.5 Å². The van der Waals surface area contributed by atoms with E-state index in [1.54, 1.807) is 6.92 Å². The minimum Gasteiger partial charge on any atom is -0.456 e. The second-order valence-electron chi connectivity index (χ2n) is 4.76. The van der Waals surface area contributed by atoms with Crippen LogP contribution in [0.25, 0.3) is 0 Å². The molecule has 3 nitrogen and oxygen atoms in total. The van der Waals surface area contributed by atoms with Gasteiger partial charge in [0.1, 0.15) is 6.10 Å². The van der Waals surface area contributed by atoms with Crippen LogP contribution in [0.2, 0.25) is 0 Å². The maximum atomic E-state index is 11.3. The van der Waals surface area contributed by atoms with Gasteiger partial charge in [-0.05, 0) is 32.1 Å². The van der Waals surface area contributed by atoms with Crippen LogP contribution in [0.15, 0.2) is 12.2 Å². The molecule has 0 bridgehead atoms. The number of aliphatic hydroxyl groups excluding tert-OH is 1. The van der Waals surface area contributed by atoms with Crippen LogP contribution < -0.4 is 0 Å². The molecule has 0 aromatic carbocycles. The largest absolute Gasteiger partial charge is 0.456 e. The first-order valence-corrected chi connectivity index (χ1v) is 6.09. The summed E-state index contributed by atoms with van der Waals surface area (Å²) < 4.78 is 5.20. The summed E-state index contributed by atoms with van der Waals surface area (Å²) >= 11 is 0. The minimum atomic E-state index is -0.506. The van der Waals surface area contributed by atoms with Gasteiger partial charge in [0.25, 0.3) is 0 Å². The van der Waals surface area contributed by atoms with Gasteiger partial charge in [0, 0.05) is 5.57 Å². The van der Waals surface area contributed by atoms with Crippen LogP contribution in [0, 0.1) is 5.92 Å². The normalized spacial score (nSPS) is 29.8. The molecule has 1 rings (SSSR count). The van der Waals surface area contributed by atoms with Crippen molar-refractivity contribution in [1.82, 2.24) is 0 Å². The van der Waals surface area contributed by atoms with E-state index in [1.165, 1.54) is 0 Å². The first-order valence-electron chi connectivity index (χ1n) is 6.09. The summed E-state index contributed by atoms with van der Waals surface area (Å²) in [7, 11) is 0. The SMILES string of the molecule is C=C(C)C(=O)OC1CCC(CCC)CC1O. The Bertz CT molecular complexity index is 260. The van der Waals surface area contributed by atoms with Crippen LogP contribution in [-0.4, -0.2) is 23.3 Å². The number of aliphatic hydroxyl groups is 1. The predicted molar refractivity (Wildman–Crippen MR) is 62.9 cm³/mol. The van der Waals surface area contributed by atoms with Gasteiger partial charge < -0.3 is 9.84 Å². The molecule has 1 N–H and O–H groups in total. The third-order valence-electron chi connectivity index (χ3n) is 3.17. The second-order valence-corrected chi connectivity index (χ2v) is 4.76. The van der Waals surface area contributed by atoms with E-state index in [-0.39, 0.29) is 6.10 Å². The predicted octanol–water partition coefficient (Wildman–Crippen LogP) is 2.44. The van der Waals surface area contributed by atoms with E-state index >= 15 is 0 Å². The summed E-state index contributed by atoms with van der Waals surface area (Å²) in [6.07, 6.45) is 4.02. The Kier molecular flexibility index (Phi) is 5.00. The van der Waals surface area contributed by atoms with Crippen molar-refractivity contribution in [3.63, 3.8) is 0 Å². The molecule has 16 heavy (non-hydrogen) atoms. The van der Waals surface area contributed by atoms with Crippen LogP contribution >= 0.6 is 0 Å². The van der Waals surface area contributed by atoms with Crippen molar-refractivity contribution in [2.24, 2.45) is 5.92 Å². The van der Waals surface area contributed by atoms with Gasteiger partial charge in [0.15, 0.2) is 0 Å². The number of carbonyl (C=O) groups is 1. The average molecular weight is 226 g/mol. The van der Waals surface area contributed by atoms with Gasteiger partial charge in [-0.25, -0.2) is 4.79 Å². The fraction of sp³-hybridized carbons (Fsp3) is 0.769. The molecule has 0 heterocycles. The molecular weight excluding hydrogens is 204 g/mol. The van der Waals surface area contributed by atoms with E-state index in [0.717, 1.165) is 32.1 Å². The second kappa shape index (κ2) is 6.04. The molecule has 0 aromatic heterocycles. The fourth-order valence-electron chi connectivity index (χ4n) is 2.25. The molecule has 0 saturated heterocycles. The molecule has 3 heteroatoms. The molecule has 3 atom stereocenters. The van der Waals surface area contributed by atoms with Crippen molar-refractivity contribution in [3.8, 4) is 0 Å². The lowest BCUT2D eigenvalue weighted by Gasteiger charge is -2.32. The topological polar surface area (TPSA) is 46.5 Å². The van der Waals surface area contributed by atoms with Crippen molar-refractivity contribution in [2.45, 2.75) is 58.2 Å². The Morgan fingerprint density at radius 1 is 1.50 bits per heavy atom. The van der Waals surface area contributed by atoms with Gasteiger partial charge in [-0.1, -0.05) is 26.3 Å². The van der Waals surface area contributed by atoms with Crippen LogP contribution in [0.3, 0.4) is 0 Å². The van der Waals surface area contributed by atoms with E-state index in [0.29, 0.717) is 11.5 Å². The zero-order chi connectivity index (χ0) is 12.1. The molecule has 3 unspecified atom stereocenters. The number of rotatable bonds is 4. The standard InChI is InChI=1S/C13H22O3/c1-4-5-10-6-7-12(11(14)8-10)16-13(15)9(2)3/h10-12,14H,2,4-8H2,1,3H3. The molecule has 1 saturated carbocycles. The third-order valence-corrected chi connectivity index (χ3v) is 3.17. The van der Waals surface area contributed by atoms with Gasteiger partial charge >= 0.3 is 5.97 Å². The van der Waals surface area contributed by atoms with Crippen LogP contribution in [0.1, 0.15) is 46.0 Å². The highest BCUT2D eigenvalue weighted by Crippen LogP contribution is 2.30. The molecule has 0 amide bonds. The van der Waals surface area contributed by atoms with Crippen LogP contribution in [-0.2, 0) is 9.53 Å². The fourth-order valence-corrected chi connectivity index (χ4v) is 2.25. The molecule has 0 aromatic rings. The Morgan fingerprint density at radius 2 is 2.19 bits per heavy atom. The molecule has 1 aliphatic rings. The maximum absolute atomic E-state index is 11.3. The molecule has 0 aliphatic heterocycles. The van der Waals surface area contributed by atoms with Gasteiger partial charge in [0.05, 0.1) is 6.10 Å². The lowest BCUT2D eigenvalue weighted by Crippen LogP contribution is -2.37. The Labute approximate surface area is 97.5 Å². The first-order chi connectivity index (χ1) is 7.54. The number of hydrogen-bond acceptors (Lipinski definition) is 3. The maximum Gasteiger partial charge on any atom is 0.333 e. The van der Waals surface area contributed by atoms with Crippen molar-refractivity contribution < 1.29 is 14.6 Å². The van der Waals surface area contributed by atoms with E-state index < -0.39 is 12.1 Å². The minimum absolute atomic E-state index is 0.336. The summed E-state index contributed by atoms with van der Waals surface area (Å²) in [4.78, 5) is 11.3. The summed E-state index contributed by atoms with van der Waals surface area (Å²) in [5, 5.41) is 9.89. The number of hydrogen-bond donors (Lipinski definition) is 1. The van der Waals surface area contributed by atoms with Crippen LogP contribution in [0.4, 0.5) is 0 Å². The summed E-state index contributed by atoms with van der Waals surface area (Å²) in [6, 6.07) is 0. The smallest absolute Gasteiger partial charge is 0.333 e. The Hall–Kier alpha value is -0.830. The summed E-state index contributed by atoms with van der Waals surface area (Å²) in [6.45, 7) is 7.31. The van der Waals surface area contributed by atoms with Crippen molar-refractivity contribution in [2.75, 3.05) is 0 Å². The molecule has 0 spiro atoms. The summed E-state index contributed by atoms with van der Waals surface area (Å²) in [5.41, 5.74) is 0.392. The number of ether oxygens (including phenoxy) is 1. The van der Waals surface area contributed by atoms with Crippen molar-refractivity contribution >= 4 is 5.97 Å². The molecular formula is C13H22O3. The van der Waals surface area contributed by atoms with Crippen molar-refractivity contribution in [1.29, 1.82) is 0 Å². The third kappa shape index (κ3) is 3.63. The van der Waals surface area contributed by atoms with Gasteiger partial charge in [-0.3, -0.25) is 0 Å².